The summed E-state index contributed by atoms with van der Waals surface area (Å²) in [5.74, 6) is 0.829. The molecule has 0 spiro atoms. The van der Waals surface area contributed by atoms with Crippen LogP contribution in [-0.2, 0) is 22.5 Å². The maximum Gasteiger partial charge on any atom is 0.420 e. The molecule has 0 bridgehead atoms. The first-order chi connectivity index (χ1) is 18.8. The van der Waals surface area contributed by atoms with Gasteiger partial charge in [-0.3, -0.25) is 9.88 Å². The summed E-state index contributed by atoms with van der Waals surface area (Å²) in [7, 11) is 0. The Labute approximate surface area is 242 Å². The van der Waals surface area contributed by atoms with Gasteiger partial charge < -0.3 is 9.57 Å². The molecule has 0 saturated carbocycles. The standard InChI is InChI=1S/C31H37N5O3.ClH/c1-5-38-34-24-17-15-22(16-18-24)20-35(27-14-8-10-23-11-9-19-32-29(23)27)21-28-33-25-12-6-7-13-26(25)36(28)30(37)39-31(2,3)4;/h6-7,9,11-13,15-19,22,27H,5,8,10,14,20-21H2,1-4H3;1H. The predicted octanol–water partition coefficient (Wildman–Crippen LogP) is 6.65. The van der Waals surface area contributed by atoms with Crippen molar-refractivity contribution in [3.63, 3.8) is 0 Å². The second kappa shape index (κ2) is 12.8. The van der Waals surface area contributed by atoms with E-state index < -0.39 is 11.7 Å². The van der Waals surface area contributed by atoms with Crippen LogP contribution in [-0.4, -0.2) is 50.0 Å². The van der Waals surface area contributed by atoms with Gasteiger partial charge in [0.1, 0.15) is 23.7 Å². The monoisotopic (exact) mass is 563 g/mol. The average Bonchev–Trinajstić information content (AvgIpc) is 3.29. The Morgan fingerprint density at radius 3 is 2.67 bits per heavy atom. The summed E-state index contributed by atoms with van der Waals surface area (Å²) >= 11 is 0. The van der Waals surface area contributed by atoms with Gasteiger partial charge in [-0.2, -0.15) is 0 Å². The number of benzene rings is 1. The van der Waals surface area contributed by atoms with Crippen LogP contribution < -0.4 is 0 Å². The summed E-state index contributed by atoms with van der Waals surface area (Å²) in [6.07, 6.45) is 12.9. The van der Waals surface area contributed by atoms with E-state index in [0.717, 1.165) is 48.2 Å². The third-order valence-electron chi connectivity index (χ3n) is 6.93. The van der Waals surface area contributed by atoms with Gasteiger partial charge in [0, 0.05) is 18.7 Å². The number of hydrogen-bond donors (Lipinski definition) is 0. The van der Waals surface area contributed by atoms with E-state index in [1.165, 1.54) is 5.56 Å². The molecule has 2 heterocycles. The minimum Gasteiger partial charge on any atom is -0.443 e. The number of halogens is 1. The van der Waals surface area contributed by atoms with Crippen LogP contribution in [0.3, 0.4) is 0 Å². The van der Waals surface area contributed by atoms with Crippen molar-refractivity contribution in [1.82, 2.24) is 19.4 Å². The van der Waals surface area contributed by atoms with Gasteiger partial charge in [-0.05, 0) is 82.9 Å². The van der Waals surface area contributed by atoms with Gasteiger partial charge in [-0.15, -0.1) is 12.4 Å². The van der Waals surface area contributed by atoms with E-state index in [-0.39, 0.29) is 24.4 Å². The molecule has 2 aliphatic rings. The summed E-state index contributed by atoms with van der Waals surface area (Å²) in [4.78, 5) is 30.8. The minimum atomic E-state index is -0.621. The number of aryl methyl sites for hydroxylation is 1. The average molecular weight is 564 g/mol. The molecule has 2 aromatic heterocycles. The number of carbonyl (C=O) groups excluding carboxylic acids is 1. The number of aromatic nitrogens is 3. The van der Waals surface area contributed by atoms with Gasteiger partial charge in [0.2, 0.25) is 0 Å². The number of carbonyl (C=O) groups is 1. The summed E-state index contributed by atoms with van der Waals surface area (Å²) in [6, 6.07) is 12.0. The third kappa shape index (κ3) is 6.80. The Morgan fingerprint density at radius 1 is 1.15 bits per heavy atom. The van der Waals surface area contributed by atoms with Crippen LogP contribution in [0.4, 0.5) is 4.79 Å². The first-order valence-electron chi connectivity index (χ1n) is 13.8. The predicted molar refractivity (Wildman–Crippen MR) is 160 cm³/mol. The van der Waals surface area contributed by atoms with Crippen LogP contribution in [0.5, 0.6) is 0 Å². The highest BCUT2D eigenvalue weighted by atomic mass is 35.5. The zero-order chi connectivity index (χ0) is 27.4. The van der Waals surface area contributed by atoms with E-state index in [0.29, 0.717) is 19.0 Å². The fourth-order valence-electron chi connectivity index (χ4n) is 5.27. The summed E-state index contributed by atoms with van der Waals surface area (Å²) in [5.41, 5.74) is 4.11. The van der Waals surface area contributed by atoms with Gasteiger partial charge in [0.15, 0.2) is 0 Å². The molecule has 40 heavy (non-hydrogen) atoms. The summed E-state index contributed by atoms with van der Waals surface area (Å²) < 4.78 is 7.45. The number of ether oxygens (including phenoxy) is 1. The minimum absolute atomic E-state index is 0. The molecule has 212 valence electrons. The van der Waals surface area contributed by atoms with Crippen LogP contribution in [0.25, 0.3) is 11.0 Å². The Morgan fingerprint density at radius 2 is 1.93 bits per heavy atom. The molecule has 0 N–H and O–H groups in total. The number of para-hydroxylation sites is 2. The second-order valence-electron chi connectivity index (χ2n) is 11.0. The summed E-state index contributed by atoms with van der Waals surface area (Å²) in [5, 5.41) is 4.14. The van der Waals surface area contributed by atoms with Crippen molar-refractivity contribution < 1.29 is 14.4 Å². The smallest absolute Gasteiger partial charge is 0.420 e. The van der Waals surface area contributed by atoms with Gasteiger partial charge in [0.25, 0.3) is 0 Å². The maximum absolute atomic E-state index is 13.4. The molecule has 0 fully saturated rings. The van der Waals surface area contributed by atoms with Crippen LogP contribution in [0.15, 0.2) is 72.1 Å². The normalized spacial score (nSPS) is 18.4. The van der Waals surface area contributed by atoms with E-state index >= 15 is 0 Å². The second-order valence-corrected chi connectivity index (χ2v) is 11.0. The number of nitrogens with zero attached hydrogens (tertiary/aromatic N) is 5. The molecule has 0 aliphatic heterocycles. The highest BCUT2D eigenvalue weighted by Crippen LogP contribution is 2.35. The number of pyridine rings is 1. The lowest BCUT2D eigenvalue weighted by atomic mass is 9.90. The number of fused-ring (bicyclic) bond motifs is 2. The lowest BCUT2D eigenvalue weighted by Gasteiger charge is -2.36. The number of oxime groups is 1. The van der Waals surface area contributed by atoms with E-state index in [9.17, 15) is 4.79 Å². The quantitative estimate of drug-likeness (QED) is 0.299. The number of rotatable bonds is 7. The Balaban J connectivity index is 0.00000370. The molecule has 1 unspecified atom stereocenters. The molecule has 8 nitrogen and oxygen atoms in total. The molecular formula is C31H38ClN5O3. The molecule has 0 radical (unpaired) electrons. The number of allylic oxidation sites excluding steroid dienone is 2. The molecule has 9 heteroatoms. The first-order valence-corrected chi connectivity index (χ1v) is 13.8. The van der Waals surface area contributed by atoms with E-state index in [4.69, 9.17) is 19.5 Å². The van der Waals surface area contributed by atoms with Crippen LogP contribution >= 0.6 is 12.4 Å². The lowest BCUT2D eigenvalue weighted by Crippen LogP contribution is -2.37. The maximum atomic E-state index is 13.4. The van der Waals surface area contributed by atoms with Crippen molar-refractivity contribution in [3.05, 3.63) is 84.0 Å². The molecule has 0 amide bonds. The van der Waals surface area contributed by atoms with Crippen LogP contribution in [0, 0.1) is 5.92 Å². The van der Waals surface area contributed by atoms with Crippen LogP contribution in [0.2, 0.25) is 0 Å². The van der Waals surface area contributed by atoms with E-state index in [1.807, 2.05) is 76.4 Å². The van der Waals surface area contributed by atoms with Crippen molar-refractivity contribution in [2.75, 3.05) is 13.2 Å². The Hall–Kier alpha value is -3.49. The number of hydrogen-bond acceptors (Lipinski definition) is 7. The van der Waals surface area contributed by atoms with Crippen molar-refractivity contribution in [2.45, 2.75) is 65.1 Å². The summed E-state index contributed by atoms with van der Waals surface area (Å²) in [6.45, 7) is 9.32. The SMILES string of the molecule is CCON=C1C=CC(CN(Cc2nc3ccccc3n2C(=O)OC(C)(C)C)C2CCCc3cccnc32)C=C1.Cl. The number of imidazole rings is 1. The molecule has 5 rings (SSSR count). The van der Waals surface area contributed by atoms with Crippen molar-refractivity contribution in [2.24, 2.45) is 11.1 Å². The van der Waals surface area contributed by atoms with Crippen molar-refractivity contribution >= 4 is 35.2 Å². The molecule has 0 saturated heterocycles. The Kier molecular flexibility index (Phi) is 9.43. The topological polar surface area (TPSA) is 81.8 Å². The van der Waals surface area contributed by atoms with Crippen LogP contribution in [0.1, 0.15) is 63.7 Å². The zero-order valence-corrected chi connectivity index (χ0v) is 24.4. The van der Waals surface area contributed by atoms with Gasteiger partial charge in [-0.1, -0.05) is 35.5 Å². The highest BCUT2D eigenvalue weighted by Gasteiger charge is 2.31. The largest absolute Gasteiger partial charge is 0.443 e. The van der Waals surface area contributed by atoms with E-state index in [1.54, 1.807) is 4.57 Å². The fourth-order valence-corrected chi connectivity index (χ4v) is 5.27. The zero-order valence-electron chi connectivity index (χ0n) is 23.6. The molecule has 2 aliphatic carbocycles. The molecule has 3 aromatic rings. The fraction of sp³-hybridized carbons (Fsp3) is 0.419. The van der Waals surface area contributed by atoms with Crippen molar-refractivity contribution in [3.8, 4) is 0 Å². The lowest BCUT2D eigenvalue weighted by molar-refractivity contribution is 0.0530. The third-order valence-corrected chi connectivity index (χ3v) is 6.93. The van der Waals surface area contributed by atoms with E-state index in [2.05, 4.69) is 28.3 Å². The van der Waals surface area contributed by atoms with Gasteiger partial charge in [-0.25, -0.2) is 14.3 Å². The highest BCUT2D eigenvalue weighted by molar-refractivity contribution is 6.04. The van der Waals surface area contributed by atoms with Gasteiger partial charge in [0.05, 0.1) is 29.3 Å². The Bertz CT molecular complexity index is 1410. The molecular weight excluding hydrogens is 526 g/mol. The van der Waals surface area contributed by atoms with Gasteiger partial charge >= 0.3 is 6.09 Å². The first kappa shape index (κ1) is 29.5. The van der Waals surface area contributed by atoms with Crippen molar-refractivity contribution in [1.29, 1.82) is 0 Å². The molecule has 1 aromatic carbocycles. The molecule has 1 atom stereocenters.